The molecular weight excluding hydrogens is 841 g/mol. The van der Waals surface area contributed by atoms with E-state index in [-0.39, 0.29) is 31.1 Å². The zero-order valence-corrected chi connectivity index (χ0v) is 44.9. The van der Waals surface area contributed by atoms with Crippen molar-refractivity contribution in [1.29, 1.82) is 0 Å². The van der Waals surface area contributed by atoms with Crippen molar-refractivity contribution >= 4 is 17.9 Å². The number of carbonyl (C=O) groups is 3. The van der Waals surface area contributed by atoms with Crippen LogP contribution in [0.15, 0.2) is 72.9 Å². The van der Waals surface area contributed by atoms with Gasteiger partial charge >= 0.3 is 17.9 Å². The van der Waals surface area contributed by atoms with Gasteiger partial charge in [0, 0.05) is 19.3 Å². The van der Waals surface area contributed by atoms with E-state index in [0.29, 0.717) is 19.3 Å². The molecular formula is C62H108O6. The first-order valence-electron chi connectivity index (χ1n) is 28.9. The lowest BCUT2D eigenvalue weighted by molar-refractivity contribution is -0.167. The molecule has 0 spiro atoms. The fourth-order valence-corrected chi connectivity index (χ4v) is 8.11. The lowest BCUT2D eigenvalue weighted by Crippen LogP contribution is -2.30. The Bertz CT molecular complexity index is 1270. The molecule has 1 unspecified atom stereocenters. The largest absolute Gasteiger partial charge is 0.462 e. The van der Waals surface area contributed by atoms with Gasteiger partial charge in [-0.05, 0) is 89.9 Å². The van der Waals surface area contributed by atoms with Gasteiger partial charge in [-0.1, -0.05) is 248 Å². The first-order valence-corrected chi connectivity index (χ1v) is 28.9. The summed E-state index contributed by atoms with van der Waals surface area (Å²) >= 11 is 0. The Morgan fingerprint density at radius 3 is 0.926 bits per heavy atom. The van der Waals surface area contributed by atoms with Gasteiger partial charge in [-0.2, -0.15) is 0 Å². The van der Waals surface area contributed by atoms with Gasteiger partial charge in [-0.15, -0.1) is 0 Å². The Morgan fingerprint density at radius 2 is 0.574 bits per heavy atom. The number of hydrogen-bond acceptors (Lipinski definition) is 6. The van der Waals surface area contributed by atoms with Crippen molar-refractivity contribution in [3.05, 3.63) is 72.9 Å². The van der Waals surface area contributed by atoms with E-state index in [0.717, 1.165) is 109 Å². The van der Waals surface area contributed by atoms with Crippen molar-refractivity contribution in [2.45, 2.75) is 290 Å². The minimum Gasteiger partial charge on any atom is -0.462 e. The summed E-state index contributed by atoms with van der Waals surface area (Å²) in [5, 5.41) is 0. The predicted octanol–water partition coefficient (Wildman–Crippen LogP) is 19.4. The van der Waals surface area contributed by atoms with E-state index in [2.05, 4.69) is 93.7 Å². The third-order valence-corrected chi connectivity index (χ3v) is 12.4. The van der Waals surface area contributed by atoms with E-state index in [1.54, 1.807) is 0 Å². The van der Waals surface area contributed by atoms with E-state index in [9.17, 15) is 14.4 Å². The van der Waals surface area contributed by atoms with E-state index in [1.165, 1.54) is 135 Å². The van der Waals surface area contributed by atoms with Crippen LogP contribution in [0.4, 0.5) is 0 Å². The van der Waals surface area contributed by atoms with Crippen LogP contribution in [-0.4, -0.2) is 37.2 Å². The summed E-state index contributed by atoms with van der Waals surface area (Å²) in [6, 6.07) is 0. The smallest absolute Gasteiger partial charge is 0.306 e. The van der Waals surface area contributed by atoms with Crippen LogP contribution in [0.1, 0.15) is 284 Å². The van der Waals surface area contributed by atoms with Gasteiger partial charge in [-0.3, -0.25) is 14.4 Å². The molecule has 6 heteroatoms. The van der Waals surface area contributed by atoms with Crippen LogP contribution in [0.3, 0.4) is 0 Å². The lowest BCUT2D eigenvalue weighted by Gasteiger charge is -2.18. The molecule has 0 saturated carbocycles. The summed E-state index contributed by atoms with van der Waals surface area (Å²) in [5.41, 5.74) is 0. The van der Waals surface area contributed by atoms with Gasteiger partial charge in [0.1, 0.15) is 13.2 Å². The highest BCUT2D eigenvalue weighted by Gasteiger charge is 2.19. The topological polar surface area (TPSA) is 78.9 Å². The molecule has 0 aliphatic heterocycles. The molecule has 0 rings (SSSR count). The van der Waals surface area contributed by atoms with Crippen molar-refractivity contribution in [2.75, 3.05) is 13.2 Å². The fourth-order valence-electron chi connectivity index (χ4n) is 8.11. The zero-order valence-electron chi connectivity index (χ0n) is 44.9. The number of hydrogen-bond donors (Lipinski definition) is 0. The second-order valence-corrected chi connectivity index (χ2v) is 19.2. The normalized spacial score (nSPS) is 12.6. The zero-order chi connectivity index (χ0) is 49.3. The molecule has 0 radical (unpaired) electrons. The van der Waals surface area contributed by atoms with Gasteiger partial charge in [-0.25, -0.2) is 0 Å². The number of carbonyl (C=O) groups excluding carboxylic acids is 3. The maximum absolute atomic E-state index is 12.9. The van der Waals surface area contributed by atoms with Crippen molar-refractivity contribution in [3.8, 4) is 0 Å². The Kier molecular flexibility index (Phi) is 53.8. The van der Waals surface area contributed by atoms with Crippen LogP contribution in [0.25, 0.3) is 0 Å². The molecule has 1 atom stereocenters. The van der Waals surface area contributed by atoms with Gasteiger partial charge in [0.15, 0.2) is 6.10 Å². The molecule has 0 aromatic carbocycles. The number of esters is 3. The van der Waals surface area contributed by atoms with Gasteiger partial charge in [0.2, 0.25) is 0 Å². The standard InChI is InChI=1S/C62H108O6/c1-4-7-10-13-16-19-22-25-28-31-34-37-40-43-46-49-52-55-61(64)67-58-59(57-66-60(63)54-51-48-45-42-39-36-33-30-27-24-21-18-15-12-9-6-3)68-62(65)56-53-50-47-44-41-38-35-32-29-26-23-20-17-14-11-8-5-2/h7,10,16-17,19-20,25-26,28-29,34,37,59H,4-6,8-9,11-15,18,21-24,27,30-33,35-36,38-58H2,1-3H3/b10-7-,19-16-,20-17-,28-25-,29-26-,37-34-. The monoisotopic (exact) mass is 949 g/mol. The summed E-state index contributed by atoms with van der Waals surface area (Å²) in [5.74, 6) is -0.907. The Labute approximate surface area is 421 Å². The van der Waals surface area contributed by atoms with Crippen molar-refractivity contribution in [3.63, 3.8) is 0 Å². The quantitative estimate of drug-likeness (QED) is 0.0262. The third kappa shape index (κ3) is 53.8. The summed E-state index contributed by atoms with van der Waals surface area (Å²) in [6.07, 6.45) is 71.7. The maximum atomic E-state index is 12.9. The molecule has 0 aliphatic rings. The molecule has 0 saturated heterocycles. The van der Waals surface area contributed by atoms with Crippen LogP contribution >= 0.6 is 0 Å². The van der Waals surface area contributed by atoms with Crippen LogP contribution in [0.2, 0.25) is 0 Å². The highest BCUT2D eigenvalue weighted by atomic mass is 16.6. The SMILES string of the molecule is CC/C=C\C/C=C\C/C=C\C/C=C\CCCCCCC(=O)OCC(COC(=O)CCCCCCCCCCCCCCCCCC)OC(=O)CCCCCCCCC/C=C\C/C=C\CCCCC. The first kappa shape index (κ1) is 64.8. The van der Waals surface area contributed by atoms with E-state index in [4.69, 9.17) is 14.2 Å². The second kappa shape index (κ2) is 56.4. The van der Waals surface area contributed by atoms with Crippen LogP contribution in [-0.2, 0) is 28.6 Å². The fraction of sp³-hybridized carbons (Fsp3) is 0.758. The molecule has 68 heavy (non-hydrogen) atoms. The molecule has 0 aromatic heterocycles. The highest BCUT2D eigenvalue weighted by Crippen LogP contribution is 2.16. The Hall–Kier alpha value is -3.15. The molecule has 6 nitrogen and oxygen atoms in total. The maximum Gasteiger partial charge on any atom is 0.306 e. The Morgan fingerprint density at radius 1 is 0.309 bits per heavy atom. The van der Waals surface area contributed by atoms with Crippen molar-refractivity contribution in [1.82, 2.24) is 0 Å². The third-order valence-electron chi connectivity index (χ3n) is 12.4. The average molecular weight is 950 g/mol. The highest BCUT2D eigenvalue weighted by molar-refractivity contribution is 5.71. The van der Waals surface area contributed by atoms with Crippen molar-refractivity contribution in [2.24, 2.45) is 0 Å². The second-order valence-electron chi connectivity index (χ2n) is 19.2. The first-order chi connectivity index (χ1) is 33.5. The van der Waals surface area contributed by atoms with Crippen LogP contribution in [0, 0.1) is 0 Å². The van der Waals surface area contributed by atoms with Gasteiger partial charge < -0.3 is 14.2 Å². The summed E-state index contributed by atoms with van der Waals surface area (Å²) in [4.78, 5) is 38.2. The molecule has 0 heterocycles. The molecule has 0 fully saturated rings. The minimum atomic E-state index is -0.789. The molecule has 0 aromatic rings. The summed E-state index contributed by atoms with van der Waals surface area (Å²) < 4.78 is 16.9. The van der Waals surface area contributed by atoms with Gasteiger partial charge in [0.05, 0.1) is 0 Å². The van der Waals surface area contributed by atoms with Crippen molar-refractivity contribution < 1.29 is 28.6 Å². The molecule has 0 amide bonds. The number of unbranched alkanes of at least 4 members (excludes halogenated alkanes) is 29. The Balaban J connectivity index is 4.42. The number of ether oxygens (including phenoxy) is 3. The molecule has 0 bridgehead atoms. The lowest BCUT2D eigenvalue weighted by atomic mass is 10.0. The number of allylic oxidation sites excluding steroid dienone is 12. The predicted molar refractivity (Wildman–Crippen MR) is 293 cm³/mol. The van der Waals surface area contributed by atoms with E-state index >= 15 is 0 Å². The molecule has 392 valence electrons. The van der Waals surface area contributed by atoms with Gasteiger partial charge in [0.25, 0.3) is 0 Å². The number of rotatable bonds is 52. The summed E-state index contributed by atoms with van der Waals surface area (Å²) in [7, 11) is 0. The van der Waals surface area contributed by atoms with E-state index < -0.39 is 6.10 Å². The molecule has 0 aliphatic carbocycles. The average Bonchev–Trinajstić information content (AvgIpc) is 3.34. The molecule has 0 N–H and O–H groups in total. The summed E-state index contributed by atoms with van der Waals surface area (Å²) in [6.45, 7) is 6.50. The van der Waals surface area contributed by atoms with Crippen LogP contribution in [0.5, 0.6) is 0 Å². The van der Waals surface area contributed by atoms with Crippen LogP contribution < -0.4 is 0 Å². The van der Waals surface area contributed by atoms with E-state index in [1.807, 2.05) is 0 Å². The minimum absolute atomic E-state index is 0.0844.